The summed E-state index contributed by atoms with van der Waals surface area (Å²) in [5.41, 5.74) is 1.86. The van der Waals surface area contributed by atoms with Crippen LogP contribution in [-0.4, -0.2) is 144 Å². The molecule has 78 heavy (non-hydrogen) atoms. The molecule has 7 unspecified atom stereocenters. The standard InChI is InChI=1S/C54H64N6O18/c1-7-18-72-54(69)60-39-25-42(34(27-61)22-37(39)52(68)59-17-10-12-38(59)53(60)78-46-14-8-9-19-71-46)70-20-11-13-45(65)55-36-24-40(58(6)26-36)50(66)56-35-15-16-41-33(21-35)23-43(77-41)51(67)57-47-29(2)74-44(28-73-30(3)62)48(75-31(4)63)49(47)76-32(5)64/h7,15-16,21-26,29,38,44,46-49,53,61H,1,8-14,17-20,27-28H2,2-6H3,(H,55,65)(H,56,66)(H,57,67)/t29?,38-,44?,46?,47?,48?,49?,53?/m0/s1. The number of carbonyl (C=O) groups excluding carboxylic acids is 8. The largest absolute Gasteiger partial charge is 0.493 e. The van der Waals surface area contributed by atoms with Crippen LogP contribution >= 0.6 is 0 Å². The van der Waals surface area contributed by atoms with Crippen molar-refractivity contribution >= 4 is 75.7 Å². The highest BCUT2D eigenvalue weighted by molar-refractivity contribution is 6.07. The molecule has 5 amide bonds. The van der Waals surface area contributed by atoms with Crippen LogP contribution in [0.3, 0.4) is 0 Å². The third-order valence-corrected chi connectivity index (χ3v) is 13.6. The summed E-state index contributed by atoms with van der Waals surface area (Å²) in [6.07, 6.45) is 0.225. The van der Waals surface area contributed by atoms with Crippen molar-refractivity contribution < 1.29 is 85.8 Å². The summed E-state index contributed by atoms with van der Waals surface area (Å²) in [7, 11) is 1.64. The lowest BCUT2D eigenvalue weighted by atomic mass is 9.92. The number of rotatable bonds is 19. The van der Waals surface area contributed by atoms with Crippen molar-refractivity contribution in [3.8, 4) is 5.75 Å². The summed E-state index contributed by atoms with van der Waals surface area (Å²) in [6, 6.07) is 9.17. The van der Waals surface area contributed by atoms with E-state index in [4.69, 9.17) is 42.3 Å². The van der Waals surface area contributed by atoms with Crippen molar-refractivity contribution in [1.82, 2.24) is 14.8 Å². The smallest absolute Gasteiger partial charge is 0.416 e. The van der Waals surface area contributed by atoms with E-state index < -0.39 is 91.4 Å². The average Bonchev–Trinajstić information content (AvgIpc) is 4.22. The Hall–Kier alpha value is -7.80. The number of esters is 3. The van der Waals surface area contributed by atoms with Crippen LogP contribution in [0.25, 0.3) is 11.0 Å². The van der Waals surface area contributed by atoms with Crippen molar-refractivity contribution in [3.63, 3.8) is 0 Å². The van der Waals surface area contributed by atoms with Crippen LogP contribution in [0.5, 0.6) is 5.75 Å². The SMILES string of the molecule is C=CCOC(=O)N1c2cc(OCCCC(=O)Nc3cc(C(=O)Nc4ccc5oc(C(=O)NC6C(C)OC(COC(C)=O)C(OC(C)=O)C6OC(C)=O)cc5c4)n(C)c3)c(CO)cc2C(=O)N2CCC[C@H]2C1OC1CCCCO1. The zero-order chi connectivity index (χ0) is 55.8. The Bertz CT molecular complexity index is 2930. The number of aromatic nitrogens is 1. The number of aliphatic hydroxyl groups excluding tert-OH is 1. The molecule has 4 N–H and O–H groups in total. The van der Waals surface area contributed by atoms with E-state index in [1.807, 2.05) is 0 Å². The molecule has 4 aliphatic heterocycles. The molecule has 3 fully saturated rings. The number of carbonyl (C=O) groups is 8. The van der Waals surface area contributed by atoms with Crippen molar-refractivity contribution in [3.05, 3.63) is 83.9 Å². The summed E-state index contributed by atoms with van der Waals surface area (Å²) in [6.45, 7) is 8.83. The fourth-order valence-corrected chi connectivity index (χ4v) is 10.0. The molecule has 0 bridgehead atoms. The predicted molar refractivity (Wildman–Crippen MR) is 275 cm³/mol. The van der Waals surface area contributed by atoms with Crippen LogP contribution < -0.4 is 25.6 Å². The van der Waals surface area contributed by atoms with Gasteiger partial charge in [-0.1, -0.05) is 12.7 Å². The first kappa shape index (κ1) is 56.4. The first-order valence-electron chi connectivity index (χ1n) is 25.7. The van der Waals surface area contributed by atoms with Crippen molar-refractivity contribution in [2.45, 2.75) is 128 Å². The molecule has 24 nitrogen and oxygen atoms in total. The molecule has 2 aromatic heterocycles. The van der Waals surface area contributed by atoms with Gasteiger partial charge in [0.2, 0.25) is 5.91 Å². The van der Waals surface area contributed by atoms with E-state index in [0.717, 1.165) is 26.7 Å². The van der Waals surface area contributed by atoms with E-state index >= 15 is 0 Å². The number of aliphatic hydroxyl groups is 1. The van der Waals surface area contributed by atoms with Crippen LogP contribution in [0.4, 0.5) is 21.9 Å². The Labute approximate surface area is 448 Å². The molecule has 4 aromatic rings. The van der Waals surface area contributed by atoms with Crippen LogP contribution in [0.15, 0.2) is 65.7 Å². The molecule has 0 saturated carbocycles. The molecule has 0 radical (unpaired) electrons. The Morgan fingerprint density at radius 1 is 0.885 bits per heavy atom. The Balaban J connectivity index is 0.884. The highest BCUT2D eigenvalue weighted by Crippen LogP contribution is 2.41. The molecule has 6 heterocycles. The second-order valence-electron chi connectivity index (χ2n) is 19.3. The van der Waals surface area contributed by atoms with Crippen LogP contribution in [0.1, 0.15) is 110 Å². The highest BCUT2D eigenvalue weighted by atomic mass is 16.7. The second kappa shape index (κ2) is 25.1. The zero-order valence-corrected chi connectivity index (χ0v) is 43.9. The van der Waals surface area contributed by atoms with E-state index in [0.29, 0.717) is 60.3 Å². The minimum Gasteiger partial charge on any atom is -0.493 e. The number of benzene rings is 2. The molecule has 418 valence electrons. The van der Waals surface area contributed by atoms with Gasteiger partial charge in [-0.3, -0.25) is 33.6 Å². The maximum atomic E-state index is 14.2. The van der Waals surface area contributed by atoms with Gasteiger partial charge in [0.15, 0.2) is 30.5 Å². The third-order valence-electron chi connectivity index (χ3n) is 13.6. The molecule has 8 rings (SSSR count). The second-order valence-corrected chi connectivity index (χ2v) is 19.3. The maximum Gasteiger partial charge on any atom is 0.416 e. The number of amides is 5. The van der Waals surface area contributed by atoms with E-state index in [2.05, 4.69) is 22.5 Å². The van der Waals surface area contributed by atoms with Gasteiger partial charge in [-0.25, -0.2) is 9.69 Å². The lowest BCUT2D eigenvalue weighted by Gasteiger charge is -2.44. The molecule has 4 aliphatic rings. The van der Waals surface area contributed by atoms with Crippen LogP contribution in [0, 0.1) is 0 Å². The number of fused-ring (bicyclic) bond motifs is 3. The quantitative estimate of drug-likeness (QED) is 0.0404. The summed E-state index contributed by atoms with van der Waals surface area (Å²) >= 11 is 0. The number of hydrogen-bond donors (Lipinski definition) is 4. The zero-order valence-electron chi connectivity index (χ0n) is 43.9. The minimum atomic E-state index is -1.25. The number of ether oxygens (including phenoxy) is 8. The van der Waals surface area contributed by atoms with Gasteiger partial charge in [0.1, 0.15) is 36.3 Å². The predicted octanol–water partition coefficient (Wildman–Crippen LogP) is 5.24. The van der Waals surface area contributed by atoms with Crippen molar-refractivity contribution in [2.75, 3.05) is 48.5 Å². The molecular weight excluding hydrogens is 1020 g/mol. The number of nitrogens with one attached hydrogen (secondary N) is 3. The van der Waals surface area contributed by atoms with Gasteiger partial charge >= 0.3 is 24.0 Å². The highest BCUT2D eigenvalue weighted by Gasteiger charge is 2.50. The first-order chi connectivity index (χ1) is 37.4. The third kappa shape index (κ3) is 13.1. The monoisotopic (exact) mass is 1080 g/mol. The number of aryl methyl sites for hydroxylation is 1. The normalized spacial score (nSPS) is 22.8. The summed E-state index contributed by atoms with van der Waals surface area (Å²) in [5.74, 6) is -3.94. The molecule has 8 atom stereocenters. The average molecular weight is 1090 g/mol. The molecule has 0 spiro atoms. The molecule has 24 heteroatoms. The van der Waals surface area contributed by atoms with E-state index in [1.54, 1.807) is 43.3 Å². The maximum absolute atomic E-state index is 14.2. The van der Waals surface area contributed by atoms with E-state index in [1.165, 1.54) is 46.7 Å². The van der Waals surface area contributed by atoms with Gasteiger partial charge in [-0.05, 0) is 81.8 Å². The van der Waals surface area contributed by atoms with Gasteiger partial charge in [0.05, 0.1) is 48.3 Å². The lowest BCUT2D eigenvalue weighted by molar-refractivity contribution is -0.220. The lowest BCUT2D eigenvalue weighted by Crippen LogP contribution is -2.65. The summed E-state index contributed by atoms with van der Waals surface area (Å²) in [5, 5.41) is 19.3. The fourth-order valence-electron chi connectivity index (χ4n) is 10.0. The molecule has 2 aromatic carbocycles. The van der Waals surface area contributed by atoms with Gasteiger partial charge in [-0.2, -0.15) is 0 Å². The van der Waals surface area contributed by atoms with E-state index in [9.17, 15) is 43.5 Å². The Morgan fingerprint density at radius 3 is 2.38 bits per heavy atom. The van der Waals surface area contributed by atoms with Gasteiger partial charge in [-0.15, -0.1) is 0 Å². The fraction of sp³-hybridized carbons (Fsp3) is 0.481. The number of anilines is 3. The Morgan fingerprint density at radius 2 is 1.67 bits per heavy atom. The van der Waals surface area contributed by atoms with Crippen LogP contribution in [-0.2, 0) is 66.0 Å². The van der Waals surface area contributed by atoms with E-state index in [-0.39, 0.29) is 72.9 Å². The van der Waals surface area contributed by atoms with Gasteiger partial charge in [0.25, 0.3) is 17.7 Å². The van der Waals surface area contributed by atoms with Gasteiger partial charge in [0, 0.05) is 76.3 Å². The van der Waals surface area contributed by atoms with Gasteiger partial charge < -0.3 is 72.8 Å². The number of nitrogens with zero attached hydrogens (tertiary/aromatic N) is 3. The number of furan rings is 1. The minimum absolute atomic E-state index is 0.000127. The van der Waals surface area contributed by atoms with Crippen molar-refractivity contribution in [1.29, 1.82) is 0 Å². The first-order valence-corrected chi connectivity index (χ1v) is 25.7. The summed E-state index contributed by atoms with van der Waals surface area (Å²) in [4.78, 5) is 107. The Kier molecular flexibility index (Phi) is 18.2. The van der Waals surface area contributed by atoms with Crippen molar-refractivity contribution in [2.24, 2.45) is 7.05 Å². The number of hydrogen-bond acceptors (Lipinski definition) is 18. The molecule has 3 saturated heterocycles. The molecular formula is C54H64N6O18. The molecule has 0 aliphatic carbocycles. The summed E-state index contributed by atoms with van der Waals surface area (Å²) < 4.78 is 53.6. The van der Waals surface area contributed by atoms with Crippen LogP contribution in [0.2, 0.25) is 0 Å². The topological polar surface area (TPSA) is 291 Å².